The van der Waals surface area contributed by atoms with Crippen molar-refractivity contribution in [2.24, 2.45) is 5.92 Å². The molecule has 1 rings (SSSR count). The van der Waals surface area contributed by atoms with Crippen LogP contribution in [0.4, 0.5) is 0 Å². The van der Waals surface area contributed by atoms with Crippen LogP contribution in [-0.4, -0.2) is 37.1 Å². The lowest BCUT2D eigenvalue weighted by atomic mass is 9.94. The second-order valence-corrected chi connectivity index (χ2v) is 5.05. The van der Waals surface area contributed by atoms with Gasteiger partial charge in [0.2, 0.25) is 0 Å². The minimum Gasteiger partial charge on any atom is -0.314 e. The van der Waals surface area contributed by atoms with E-state index >= 15 is 0 Å². The van der Waals surface area contributed by atoms with Gasteiger partial charge in [-0.2, -0.15) is 0 Å². The minimum absolute atomic E-state index is 0.771. The van der Waals surface area contributed by atoms with Crippen molar-refractivity contribution in [2.75, 3.05) is 26.2 Å². The molecule has 1 aliphatic carbocycles. The fourth-order valence-corrected chi connectivity index (χ4v) is 2.95. The van der Waals surface area contributed by atoms with Gasteiger partial charge in [0.25, 0.3) is 0 Å². The molecule has 0 heterocycles. The van der Waals surface area contributed by atoms with Crippen molar-refractivity contribution in [1.29, 1.82) is 0 Å². The fourth-order valence-electron chi connectivity index (χ4n) is 2.95. The molecule has 1 fully saturated rings. The number of rotatable bonds is 6. The standard InChI is InChI=1S/C14H30N2/c1-4-15-14-11-9-7-8-10-13(14)12-16(5-2)6-3/h13-15H,4-12H2,1-3H3. The van der Waals surface area contributed by atoms with Crippen LogP contribution in [0, 0.1) is 5.92 Å². The van der Waals surface area contributed by atoms with Crippen molar-refractivity contribution in [2.45, 2.75) is 58.9 Å². The van der Waals surface area contributed by atoms with Crippen LogP contribution in [-0.2, 0) is 0 Å². The lowest BCUT2D eigenvalue weighted by Gasteiger charge is -2.30. The molecule has 0 bridgehead atoms. The van der Waals surface area contributed by atoms with Crippen LogP contribution in [0.1, 0.15) is 52.9 Å². The molecule has 16 heavy (non-hydrogen) atoms. The Kier molecular flexibility index (Phi) is 7.06. The predicted octanol–water partition coefficient (Wildman–Crippen LogP) is 2.89. The van der Waals surface area contributed by atoms with Gasteiger partial charge in [-0.1, -0.05) is 40.0 Å². The Morgan fingerprint density at radius 2 is 1.69 bits per heavy atom. The summed E-state index contributed by atoms with van der Waals surface area (Å²) in [4.78, 5) is 2.58. The molecule has 0 radical (unpaired) electrons. The van der Waals surface area contributed by atoms with E-state index < -0.39 is 0 Å². The van der Waals surface area contributed by atoms with E-state index in [9.17, 15) is 0 Å². The van der Waals surface area contributed by atoms with E-state index in [1.807, 2.05) is 0 Å². The molecule has 2 unspecified atom stereocenters. The van der Waals surface area contributed by atoms with Gasteiger partial charge in [0.15, 0.2) is 0 Å². The highest BCUT2D eigenvalue weighted by atomic mass is 15.1. The highest BCUT2D eigenvalue weighted by Crippen LogP contribution is 2.24. The molecule has 2 nitrogen and oxygen atoms in total. The summed E-state index contributed by atoms with van der Waals surface area (Å²) >= 11 is 0. The average Bonchev–Trinajstić information content (AvgIpc) is 2.52. The normalized spacial score (nSPS) is 27.0. The lowest BCUT2D eigenvalue weighted by Crippen LogP contribution is -2.41. The third-order valence-corrected chi connectivity index (χ3v) is 4.01. The molecule has 0 aliphatic heterocycles. The van der Waals surface area contributed by atoms with Gasteiger partial charge in [-0.05, 0) is 38.4 Å². The van der Waals surface area contributed by atoms with Gasteiger partial charge in [0.05, 0.1) is 0 Å². The summed E-state index contributed by atoms with van der Waals surface area (Å²) in [5.41, 5.74) is 0. The van der Waals surface area contributed by atoms with Crippen molar-refractivity contribution < 1.29 is 0 Å². The van der Waals surface area contributed by atoms with Gasteiger partial charge < -0.3 is 10.2 Å². The van der Waals surface area contributed by atoms with Gasteiger partial charge in [0, 0.05) is 12.6 Å². The molecule has 0 aromatic rings. The zero-order valence-corrected chi connectivity index (χ0v) is 11.5. The third kappa shape index (κ3) is 4.42. The Morgan fingerprint density at radius 3 is 2.31 bits per heavy atom. The van der Waals surface area contributed by atoms with Crippen LogP contribution in [0.3, 0.4) is 0 Å². The van der Waals surface area contributed by atoms with Gasteiger partial charge in [0.1, 0.15) is 0 Å². The molecule has 0 saturated heterocycles. The number of nitrogens with zero attached hydrogens (tertiary/aromatic N) is 1. The van der Waals surface area contributed by atoms with Crippen molar-refractivity contribution >= 4 is 0 Å². The molecule has 0 spiro atoms. The largest absolute Gasteiger partial charge is 0.314 e. The third-order valence-electron chi connectivity index (χ3n) is 4.01. The molecule has 2 atom stereocenters. The first-order valence-electron chi connectivity index (χ1n) is 7.27. The lowest BCUT2D eigenvalue weighted by molar-refractivity contribution is 0.209. The van der Waals surface area contributed by atoms with E-state index in [4.69, 9.17) is 0 Å². The zero-order valence-electron chi connectivity index (χ0n) is 11.5. The maximum absolute atomic E-state index is 3.70. The number of nitrogens with one attached hydrogen (secondary N) is 1. The minimum atomic E-state index is 0.771. The summed E-state index contributed by atoms with van der Waals surface area (Å²) in [6.07, 6.45) is 7.12. The van der Waals surface area contributed by atoms with Crippen LogP contribution in [0.25, 0.3) is 0 Å². The van der Waals surface area contributed by atoms with E-state index in [1.54, 1.807) is 0 Å². The Morgan fingerprint density at radius 1 is 1.00 bits per heavy atom. The molecular weight excluding hydrogens is 196 g/mol. The zero-order chi connectivity index (χ0) is 11.8. The first-order valence-corrected chi connectivity index (χ1v) is 7.27. The smallest absolute Gasteiger partial charge is 0.0107 e. The fraction of sp³-hybridized carbons (Fsp3) is 1.00. The molecule has 0 aromatic heterocycles. The first-order chi connectivity index (χ1) is 7.81. The van der Waals surface area contributed by atoms with Crippen molar-refractivity contribution in [3.63, 3.8) is 0 Å². The SMILES string of the molecule is CCNC1CCCCCC1CN(CC)CC. The summed E-state index contributed by atoms with van der Waals surface area (Å²) in [7, 11) is 0. The first kappa shape index (κ1) is 14.0. The van der Waals surface area contributed by atoms with Crippen molar-refractivity contribution in [3.8, 4) is 0 Å². The Labute approximate surface area is 102 Å². The van der Waals surface area contributed by atoms with E-state index in [1.165, 1.54) is 51.7 Å². The van der Waals surface area contributed by atoms with E-state index in [2.05, 4.69) is 31.0 Å². The Bertz CT molecular complexity index is 166. The summed E-state index contributed by atoms with van der Waals surface area (Å²) in [6.45, 7) is 11.6. The maximum atomic E-state index is 3.70. The summed E-state index contributed by atoms with van der Waals surface area (Å²) in [6, 6.07) is 0.771. The second kappa shape index (κ2) is 8.08. The molecule has 1 saturated carbocycles. The highest BCUT2D eigenvalue weighted by Gasteiger charge is 2.23. The maximum Gasteiger partial charge on any atom is 0.0107 e. The monoisotopic (exact) mass is 226 g/mol. The van der Waals surface area contributed by atoms with E-state index in [-0.39, 0.29) is 0 Å². The van der Waals surface area contributed by atoms with Crippen LogP contribution in [0.5, 0.6) is 0 Å². The van der Waals surface area contributed by atoms with Crippen LogP contribution >= 0.6 is 0 Å². The van der Waals surface area contributed by atoms with Crippen molar-refractivity contribution in [1.82, 2.24) is 10.2 Å². The summed E-state index contributed by atoms with van der Waals surface area (Å²) in [5, 5.41) is 3.70. The number of hydrogen-bond donors (Lipinski definition) is 1. The molecule has 0 amide bonds. The molecule has 96 valence electrons. The highest BCUT2D eigenvalue weighted by molar-refractivity contribution is 4.81. The number of hydrogen-bond acceptors (Lipinski definition) is 2. The summed E-state index contributed by atoms with van der Waals surface area (Å²) in [5.74, 6) is 0.877. The van der Waals surface area contributed by atoms with Gasteiger partial charge in [-0.25, -0.2) is 0 Å². The van der Waals surface area contributed by atoms with E-state index in [0.29, 0.717) is 0 Å². The molecule has 1 aliphatic rings. The van der Waals surface area contributed by atoms with E-state index in [0.717, 1.165) is 18.5 Å². The van der Waals surface area contributed by atoms with Crippen LogP contribution < -0.4 is 5.32 Å². The van der Waals surface area contributed by atoms with Gasteiger partial charge >= 0.3 is 0 Å². The Hall–Kier alpha value is -0.0800. The molecule has 1 N–H and O–H groups in total. The summed E-state index contributed by atoms with van der Waals surface area (Å²) < 4.78 is 0. The van der Waals surface area contributed by atoms with Crippen molar-refractivity contribution in [3.05, 3.63) is 0 Å². The molecular formula is C14H30N2. The Balaban J connectivity index is 2.49. The second-order valence-electron chi connectivity index (χ2n) is 5.05. The molecule has 2 heteroatoms. The quantitative estimate of drug-likeness (QED) is 0.701. The average molecular weight is 226 g/mol. The van der Waals surface area contributed by atoms with Crippen LogP contribution in [0.2, 0.25) is 0 Å². The van der Waals surface area contributed by atoms with Gasteiger partial charge in [-0.3, -0.25) is 0 Å². The predicted molar refractivity (Wildman–Crippen MR) is 71.8 cm³/mol. The van der Waals surface area contributed by atoms with Crippen LogP contribution in [0.15, 0.2) is 0 Å². The molecule has 0 aromatic carbocycles. The van der Waals surface area contributed by atoms with Gasteiger partial charge in [-0.15, -0.1) is 0 Å². The topological polar surface area (TPSA) is 15.3 Å².